The molecule has 0 amide bonds. The van der Waals surface area contributed by atoms with Crippen LogP contribution in [-0.2, 0) is 10.2 Å². The third-order valence-electron chi connectivity index (χ3n) is 2.97. The Hall–Kier alpha value is -1.70. The Kier molecular flexibility index (Phi) is 4.83. The van der Waals surface area contributed by atoms with Gasteiger partial charge in [0.25, 0.3) is 0 Å². The van der Waals surface area contributed by atoms with Gasteiger partial charge in [-0.3, -0.25) is 0 Å². The third-order valence-corrected chi connectivity index (χ3v) is 2.97. The lowest BCUT2D eigenvalue weighted by atomic mass is 9.80. The largest absolute Gasteiger partial charge is 0.505 e. The van der Waals surface area contributed by atoms with Crippen molar-refractivity contribution in [3.63, 3.8) is 0 Å². The normalized spacial score (nSPS) is 14.3. The fraction of sp³-hybridized carbons (Fsp3) is 0.333. The van der Waals surface area contributed by atoms with E-state index in [2.05, 4.69) is 25.6 Å². The Morgan fingerprint density at radius 3 is 2.35 bits per heavy atom. The molecule has 1 aromatic rings. The van der Waals surface area contributed by atoms with Crippen LogP contribution in [0.4, 0.5) is 0 Å². The number of benzene rings is 1. The van der Waals surface area contributed by atoms with Gasteiger partial charge in [0.05, 0.1) is 20.5 Å². The maximum absolute atomic E-state index is 5.15. The van der Waals surface area contributed by atoms with Crippen molar-refractivity contribution in [1.82, 2.24) is 0 Å². The molecule has 0 radical (unpaired) electrons. The number of methoxy groups -OCH3 is 2. The molecule has 1 unspecified atom stereocenters. The minimum Gasteiger partial charge on any atom is -0.505 e. The van der Waals surface area contributed by atoms with Crippen LogP contribution in [-0.4, -0.2) is 14.2 Å². The van der Waals surface area contributed by atoms with Gasteiger partial charge in [-0.05, 0) is 30.2 Å². The molecule has 92 valence electrons. The highest BCUT2D eigenvalue weighted by Gasteiger charge is 2.21. The zero-order chi connectivity index (χ0) is 12.7. The molecule has 0 heterocycles. The standard InChI is InChI=1S/C15H20O2/c1-5-15(2,11-6-12-16-3)13-7-9-14(17-4)10-8-13/h5-10,12H,1,11H2,2-4H3. The first-order valence-corrected chi connectivity index (χ1v) is 5.62. The van der Waals surface area contributed by atoms with Gasteiger partial charge in [-0.1, -0.05) is 25.1 Å². The predicted molar refractivity (Wildman–Crippen MR) is 71.3 cm³/mol. The Labute approximate surface area is 104 Å². The molecule has 0 fully saturated rings. The van der Waals surface area contributed by atoms with Gasteiger partial charge >= 0.3 is 0 Å². The lowest BCUT2D eigenvalue weighted by Crippen LogP contribution is -2.17. The topological polar surface area (TPSA) is 18.5 Å². The van der Waals surface area contributed by atoms with Crippen LogP contribution in [0.5, 0.6) is 5.75 Å². The maximum atomic E-state index is 5.15. The molecule has 0 aliphatic carbocycles. The summed E-state index contributed by atoms with van der Waals surface area (Å²) in [5.41, 5.74) is 1.13. The van der Waals surface area contributed by atoms with Crippen molar-refractivity contribution >= 4 is 0 Å². The van der Waals surface area contributed by atoms with Crippen molar-refractivity contribution in [2.45, 2.75) is 18.8 Å². The zero-order valence-electron chi connectivity index (χ0n) is 10.8. The number of hydrogen-bond acceptors (Lipinski definition) is 2. The minimum absolute atomic E-state index is 0.0820. The second-order valence-electron chi connectivity index (χ2n) is 4.16. The second-order valence-corrected chi connectivity index (χ2v) is 4.16. The van der Waals surface area contributed by atoms with Crippen LogP contribution < -0.4 is 4.74 Å². The van der Waals surface area contributed by atoms with E-state index in [1.54, 1.807) is 20.5 Å². The van der Waals surface area contributed by atoms with Crippen LogP contribution in [0, 0.1) is 0 Å². The number of ether oxygens (including phenoxy) is 2. The average Bonchev–Trinajstić information content (AvgIpc) is 2.39. The lowest BCUT2D eigenvalue weighted by molar-refractivity contribution is 0.335. The van der Waals surface area contributed by atoms with Gasteiger partial charge in [0.2, 0.25) is 0 Å². The molecule has 0 bridgehead atoms. The van der Waals surface area contributed by atoms with Crippen molar-refractivity contribution in [1.29, 1.82) is 0 Å². The van der Waals surface area contributed by atoms with Crippen LogP contribution in [0.3, 0.4) is 0 Å². The van der Waals surface area contributed by atoms with E-state index in [-0.39, 0.29) is 5.41 Å². The Morgan fingerprint density at radius 1 is 1.24 bits per heavy atom. The first kappa shape index (κ1) is 13.4. The van der Waals surface area contributed by atoms with Gasteiger partial charge in [0.15, 0.2) is 0 Å². The summed E-state index contributed by atoms with van der Waals surface area (Å²) in [6.45, 7) is 6.08. The second kappa shape index (κ2) is 6.14. The van der Waals surface area contributed by atoms with Crippen LogP contribution in [0.1, 0.15) is 18.9 Å². The molecule has 2 heteroatoms. The van der Waals surface area contributed by atoms with Crippen molar-refractivity contribution in [2.75, 3.05) is 14.2 Å². The van der Waals surface area contributed by atoms with E-state index in [4.69, 9.17) is 9.47 Å². The Bertz CT molecular complexity index is 378. The summed E-state index contributed by atoms with van der Waals surface area (Å²) >= 11 is 0. The third kappa shape index (κ3) is 3.38. The van der Waals surface area contributed by atoms with Crippen LogP contribution >= 0.6 is 0 Å². The molecule has 1 atom stereocenters. The SMILES string of the molecule is C=CC(C)(CC=COC)c1ccc(OC)cc1. The summed E-state index contributed by atoms with van der Waals surface area (Å²) in [6.07, 6.45) is 6.53. The summed E-state index contributed by atoms with van der Waals surface area (Å²) in [5, 5.41) is 0. The van der Waals surface area contributed by atoms with E-state index < -0.39 is 0 Å². The predicted octanol–water partition coefficient (Wildman–Crippen LogP) is 3.69. The first-order valence-electron chi connectivity index (χ1n) is 5.62. The smallest absolute Gasteiger partial charge is 0.118 e. The summed E-state index contributed by atoms with van der Waals surface area (Å²) in [5.74, 6) is 0.868. The van der Waals surface area contributed by atoms with Crippen molar-refractivity contribution < 1.29 is 9.47 Å². The highest BCUT2D eigenvalue weighted by Crippen LogP contribution is 2.30. The number of allylic oxidation sites excluding steroid dienone is 2. The molecule has 0 saturated carbocycles. The van der Waals surface area contributed by atoms with Crippen molar-refractivity contribution in [3.8, 4) is 5.75 Å². The van der Waals surface area contributed by atoms with Gasteiger partial charge in [-0.25, -0.2) is 0 Å². The van der Waals surface area contributed by atoms with Gasteiger partial charge in [-0.15, -0.1) is 6.58 Å². The Morgan fingerprint density at radius 2 is 1.88 bits per heavy atom. The molecule has 1 aromatic carbocycles. The van der Waals surface area contributed by atoms with Crippen molar-refractivity contribution in [2.24, 2.45) is 0 Å². The van der Waals surface area contributed by atoms with Crippen molar-refractivity contribution in [3.05, 3.63) is 54.8 Å². The Balaban J connectivity index is 2.90. The van der Waals surface area contributed by atoms with Crippen LogP contribution in [0.15, 0.2) is 49.3 Å². The van der Waals surface area contributed by atoms with Gasteiger partial charge < -0.3 is 9.47 Å². The highest BCUT2D eigenvalue weighted by atomic mass is 16.5. The van der Waals surface area contributed by atoms with E-state index in [1.165, 1.54) is 5.56 Å². The molecule has 17 heavy (non-hydrogen) atoms. The zero-order valence-corrected chi connectivity index (χ0v) is 10.8. The van der Waals surface area contributed by atoms with Gasteiger partial charge in [-0.2, -0.15) is 0 Å². The fourth-order valence-electron chi connectivity index (χ4n) is 1.68. The van der Waals surface area contributed by atoms with Crippen LogP contribution in [0.25, 0.3) is 0 Å². The fourth-order valence-corrected chi connectivity index (χ4v) is 1.68. The lowest BCUT2D eigenvalue weighted by Gasteiger charge is -2.25. The molecule has 0 spiro atoms. The first-order chi connectivity index (χ1) is 8.16. The van der Waals surface area contributed by atoms with Gasteiger partial charge in [0.1, 0.15) is 5.75 Å². The molecule has 0 aromatic heterocycles. The quantitative estimate of drug-likeness (QED) is 0.550. The van der Waals surface area contributed by atoms with E-state index in [0.29, 0.717) is 0 Å². The van der Waals surface area contributed by atoms with E-state index in [1.807, 2.05) is 24.3 Å². The molecule has 1 rings (SSSR count). The highest BCUT2D eigenvalue weighted by molar-refractivity contribution is 5.35. The molecule has 0 saturated heterocycles. The molecule has 0 aliphatic rings. The summed E-state index contributed by atoms with van der Waals surface area (Å²) in [4.78, 5) is 0. The van der Waals surface area contributed by atoms with E-state index in [0.717, 1.165) is 12.2 Å². The molecular formula is C15H20O2. The summed E-state index contributed by atoms with van der Waals surface area (Å²) in [7, 11) is 3.32. The summed E-state index contributed by atoms with van der Waals surface area (Å²) < 4.78 is 10.1. The minimum atomic E-state index is -0.0820. The van der Waals surface area contributed by atoms with Crippen LogP contribution in [0.2, 0.25) is 0 Å². The van der Waals surface area contributed by atoms with Gasteiger partial charge in [0, 0.05) is 5.41 Å². The monoisotopic (exact) mass is 232 g/mol. The van der Waals surface area contributed by atoms with E-state index >= 15 is 0 Å². The maximum Gasteiger partial charge on any atom is 0.118 e. The molecule has 2 nitrogen and oxygen atoms in total. The molecule has 0 aliphatic heterocycles. The molecule has 0 N–H and O–H groups in total. The number of rotatable bonds is 6. The summed E-state index contributed by atoms with van der Waals surface area (Å²) in [6, 6.07) is 8.08. The average molecular weight is 232 g/mol. The van der Waals surface area contributed by atoms with E-state index in [9.17, 15) is 0 Å². The molecular weight excluding hydrogens is 212 g/mol. The number of hydrogen-bond donors (Lipinski definition) is 0.